The van der Waals surface area contributed by atoms with Gasteiger partial charge in [-0.3, -0.25) is 9.36 Å². The molecule has 3 N–H and O–H groups in total. The van der Waals surface area contributed by atoms with Gasteiger partial charge in [-0.25, -0.2) is 0 Å². The summed E-state index contributed by atoms with van der Waals surface area (Å²) < 4.78 is 10.6. The largest absolute Gasteiger partial charge is 0.355 e. The SMILES string of the molecule is O=C(CCCCC1CCSSC1)NCCP(=O)(O)O. The molecule has 8 heteroatoms. The third kappa shape index (κ3) is 9.79. The average molecular weight is 327 g/mol. The summed E-state index contributed by atoms with van der Waals surface area (Å²) >= 11 is 0. The van der Waals surface area contributed by atoms with E-state index >= 15 is 0 Å². The Bertz CT molecular complexity index is 318. The molecule has 0 aromatic carbocycles. The fourth-order valence-electron chi connectivity index (χ4n) is 1.88. The Balaban J connectivity index is 1.96. The maximum absolute atomic E-state index is 11.4. The Morgan fingerprint density at radius 1 is 1.32 bits per heavy atom. The van der Waals surface area contributed by atoms with Gasteiger partial charge in [0.25, 0.3) is 0 Å². The lowest BCUT2D eigenvalue weighted by molar-refractivity contribution is -0.121. The molecule has 5 nitrogen and oxygen atoms in total. The minimum Gasteiger partial charge on any atom is -0.355 e. The molecule has 0 radical (unpaired) electrons. The first-order chi connectivity index (χ1) is 8.97. The number of carbonyl (C=O) groups is 1. The summed E-state index contributed by atoms with van der Waals surface area (Å²) in [7, 11) is -0.104. The second-order valence-electron chi connectivity index (χ2n) is 4.75. The molecular formula is C11H22NO4PS2. The van der Waals surface area contributed by atoms with Crippen LogP contribution in [0.3, 0.4) is 0 Å². The number of nitrogens with one attached hydrogen (secondary N) is 1. The van der Waals surface area contributed by atoms with E-state index in [1.54, 1.807) is 0 Å². The first kappa shape index (κ1) is 17.4. The number of unbranched alkanes of at least 4 members (excludes halogenated alkanes) is 1. The molecule has 1 fully saturated rings. The normalized spacial score (nSPS) is 20.2. The zero-order chi connectivity index (χ0) is 14.1. The van der Waals surface area contributed by atoms with Crippen molar-refractivity contribution in [1.29, 1.82) is 0 Å². The summed E-state index contributed by atoms with van der Waals surface area (Å²) in [6.07, 6.45) is 4.55. The van der Waals surface area contributed by atoms with Crippen molar-refractivity contribution in [2.45, 2.75) is 32.1 Å². The molecule has 1 rings (SSSR count). The third-order valence-corrected chi connectivity index (χ3v) is 6.38. The highest BCUT2D eigenvalue weighted by atomic mass is 33.1. The summed E-state index contributed by atoms with van der Waals surface area (Å²) in [4.78, 5) is 28.7. The molecule has 19 heavy (non-hydrogen) atoms. The standard InChI is InChI=1S/C11H22NO4PS2/c13-11(12-6-7-17(14,15)16)4-2-1-3-10-5-8-18-19-9-10/h10H,1-9H2,(H,12,13)(H2,14,15,16). The van der Waals surface area contributed by atoms with E-state index in [1.807, 2.05) is 21.6 Å². The van der Waals surface area contributed by atoms with Gasteiger partial charge in [-0.15, -0.1) is 0 Å². The predicted molar refractivity (Wildman–Crippen MR) is 81.4 cm³/mol. The van der Waals surface area contributed by atoms with E-state index in [-0.39, 0.29) is 18.6 Å². The Labute approximate surface area is 122 Å². The minimum absolute atomic E-state index is 0.0552. The molecule has 0 saturated carbocycles. The van der Waals surface area contributed by atoms with Crippen LogP contribution in [0.5, 0.6) is 0 Å². The average Bonchev–Trinajstić information content (AvgIpc) is 2.34. The molecule has 0 aromatic rings. The van der Waals surface area contributed by atoms with Crippen LogP contribution >= 0.6 is 29.2 Å². The molecule has 112 valence electrons. The van der Waals surface area contributed by atoms with E-state index in [9.17, 15) is 9.36 Å². The fraction of sp³-hybridized carbons (Fsp3) is 0.909. The molecule has 1 amide bonds. The quantitative estimate of drug-likeness (QED) is 0.360. The number of amides is 1. The van der Waals surface area contributed by atoms with Crippen molar-refractivity contribution in [2.24, 2.45) is 5.92 Å². The number of carbonyl (C=O) groups excluding carboxylic acids is 1. The first-order valence-corrected chi connectivity index (χ1v) is 10.8. The lowest BCUT2D eigenvalue weighted by Gasteiger charge is -2.20. The predicted octanol–water partition coefficient (Wildman–Crippen LogP) is 2.24. The summed E-state index contributed by atoms with van der Waals surface area (Å²) in [5.41, 5.74) is 0. The van der Waals surface area contributed by atoms with Crippen molar-refractivity contribution in [3.8, 4) is 0 Å². The van der Waals surface area contributed by atoms with Gasteiger partial charge < -0.3 is 15.1 Å². The van der Waals surface area contributed by atoms with Gasteiger partial charge in [0.1, 0.15) is 0 Å². The molecule has 1 unspecified atom stereocenters. The fourth-order valence-corrected chi connectivity index (χ4v) is 4.96. The first-order valence-electron chi connectivity index (χ1n) is 6.53. The molecule has 0 spiro atoms. The second kappa shape index (κ2) is 9.29. The van der Waals surface area contributed by atoms with Crippen molar-refractivity contribution in [3.05, 3.63) is 0 Å². The van der Waals surface area contributed by atoms with Crippen LogP contribution < -0.4 is 5.32 Å². The van der Waals surface area contributed by atoms with Crippen LogP contribution in [0.15, 0.2) is 0 Å². The summed E-state index contributed by atoms with van der Waals surface area (Å²) in [5, 5.41) is 2.54. The molecule has 1 atom stereocenters. The zero-order valence-corrected chi connectivity index (χ0v) is 13.4. The molecule has 0 bridgehead atoms. The van der Waals surface area contributed by atoms with Crippen LogP contribution in [0.2, 0.25) is 0 Å². The topological polar surface area (TPSA) is 86.6 Å². The number of hydrogen-bond donors (Lipinski definition) is 3. The number of rotatable bonds is 8. The summed E-state index contributed by atoms with van der Waals surface area (Å²) in [5.74, 6) is 3.14. The van der Waals surface area contributed by atoms with E-state index < -0.39 is 7.60 Å². The van der Waals surface area contributed by atoms with Crippen molar-refractivity contribution < 1.29 is 19.1 Å². The highest BCUT2D eigenvalue weighted by molar-refractivity contribution is 8.76. The number of hydrogen-bond acceptors (Lipinski definition) is 4. The monoisotopic (exact) mass is 327 g/mol. The molecule has 1 saturated heterocycles. The molecule has 1 heterocycles. The van der Waals surface area contributed by atoms with Crippen molar-refractivity contribution in [1.82, 2.24) is 5.32 Å². The van der Waals surface area contributed by atoms with Crippen molar-refractivity contribution in [3.63, 3.8) is 0 Å². The molecular weight excluding hydrogens is 305 g/mol. The zero-order valence-electron chi connectivity index (χ0n) is 10.9. The Kier molecular flexibility index (Phi) is 8.50. The molecule has 1 aliphatic heterocycles. The van der Waals surface area contributed by atoms with Gasteiger partial charge in [0, 0.05) is 24.5 Å². The van der Waals surface area contributed by atoms with Crippen LogP contribution in [0.1, 0.15) is 32.1 Å². The van der Waals surface area contributed by atoms with E-state index in [4.69, 9.17) is 9.79 Å². The molecule has 0 aliphatic carbocycles. The van der Waals surface area contributed by atoms with Crippen LogP contribution in [-0.4, -0.2) is 39.9 Å². The minimum atomic E-state index is -3.99. The maximum atomic E-state index is 11.4. The third-order valence-electron chi connectivity index (χ3n) is 2.99. The van der Waals surface area contributed by atoms with Gasteiger partial charge in [0.2, 0.25) is 5.91 Å². The van der Waals surface area contributed by atoms with E-state index in [1.165, 1.54) is 24.3 Å². The smallest absolute Gasteiger partial charge is 0.327 e. The Morgan fingerprint density at radius 3 is 2.74 bits per heavy atom. The molecule has 1 aliphatic rings. The van der Waals surface area contributed by atoms with E-state index in [2.05, 4.69) is 5.32 Å². The molecule has 0 aromatic heterocycles. The lowest BCUT2D eigenvalue weighted by atomic mass is 10.0. The Hall–Kier alpha value is 0.320. The van der Waals surface area contributed by atoms with Gasteiger partial charge in [-0.05, 0) is 25.2 Å². The van der Waals surface area contributed by atoms with Crippen LogP contribution in [-0.2, 0) is 9.36 Å². The van der Waals surface area contributed by atoms with Gasteiger partial charge in [0.15, 0.2) is 0 Å². The van der Waals surface area contributed by atoms with Crippen molar-refractivity contribution >= 4 is 35.1 Å². The van der Waals surface area contributed by atoms with Gasteiger partial charge >= 0.3 is 7.60 Å². The van der Waals surface area contributed by atoms with Gasteiger partial charge in [0.05, 0.1) is 6.16 Å². The summed E-state index contributed by atoms with van der Waals surface area (Å²) in [6, 6.07) is 0. The lowest BCUT2D eigenvalue weighted by Crippen LogP contribution is -2.26. The highest BCUT2D eigenvalue weighted by Gasteiger charge is 2.14. The van der Waals surface area contributed by atoms with E-state index in [0.29, 0.717) is 6.42 Å². The highest BCUT2D eigenvalue weighted by Crippen LogP contribution is 2.35. The van der Waals surface area contributed by atoms with Gasteiger partial charge in [-0.1, -0.05) is 28.0 Å². The van der Waals surface area contributed by atoms with Crippen LogP contribution in [0, 0.1) is 5.92 Å². The van der Waals surface area contributed by atoms with E-state index in [0.717, 1.165) is 18.8 Å². The maximum Gasteiger partial charge on any atom is 0.327 e. The van der Waals surface area contributed by atoms with Crippen LogP contribution in [0.4, 0.5) is 0 Å². The second-order valence-corrected chi connectivity index (χ2v) is 9.15. The Morgan fingerprint density at radius 2 is 2.11 bits per heavy atom. The van der Waals surface area contributed by atoms with Crippen LogP contribution in [0.25, 0.3) is 0 Å². The van der Waals surface area contributed by atoms with Crippen molar-refractivity contribution in [2.75, 3.05) is 24.2 Å². The van der Waals surface area contributed by atoms with Gasteiger partial charge in [-0.2, -0.15) is 0 Å². The summed E-state index contributed by atoms with van der Waals surface area (Å²) in [6.45, 7) is 0.0552.